The van der Waals surface area contributed by atoms with Gasteiger partial charge in [-0.25, -0.2) is 0 Å². The normalized spacial score (nSPS) is 11.2. The van der Waals surface area contributed by atoms with Gasteiger partial charge in [-0.15, -0.1) is 0 Å². The lowest BCUT2D eigenvalue weighted by Gasteiger charge is -1.53. The summed E-state index contributed by atoms with van der Waals surface area (Å²) in [5.41, 5.74) is 0.625. The van der Waals surface area contributed by atoms with Crippen LogP contribution in [0.3, 0.4) is 0 Å². The van der Waals surface area contributed by atoms with E-state index in [-0.39, 0.29) is 0 Å². The Kier molecular flexibility index (Phi) is 23.8. The standard InChI is InChI=1S/C2H7N.C2H6/c1-2-3;1-2/h2-3H2,1H3;1-2H3/i/hD2. The van der Waals surface area contributed by atoms with Gasteiger partial charge in [-0.2, -0.15) is 0 Å². The molecular weight excluding hydrogens is 62.1 g/mol. The van der Waals surface area contributed by atoms with Crippen LogP contribution in [0.4, 0.5) is 0 Å². The van der Waals surface area contributed by atoms with Gasteiger partial charge in [0.2, 0.25) is 0 Å². The van der Waals surface area contributed by atoms with Crippen LogP contribution in [-0.4, -0.2) is 6.54 Å². The van der Waals surface area contributed by atoms with Crippen LogP contribution in [0.15, 0.2) is 0 Å². The van der Waals surface area contributed by atoms with Gasteiger partial charge in [-0.05, 0) is 6.54 Å². The van der Waals surface area contributed by atoms with Crippen LogP contribution in [0.2, 0.25) is 2.82 Å². The van der Waals surface area contributed by atoms with Crippen LogP contribution < -0.4 is 5.72 Å². The molecule has 0 unspecified atom stereocenters. The van der Waals surface area contributed by atoms with Crippen molar-refractivity contribution in [3.63, 3.8) is 0 Å². The van der Waals surface area contributed by atoms with Gasteiger partial charge < -0.3 is 5.72 Å². The van der Waals surface area contributed by atoms with Gasteiger partial charge in [0.15, 0.2) is 0 Å². The van der Waals surface area contributed by atoms with Crippen LogP contribution in [0.1, 0.15) is 20.8 Å². The molecule has 0 atom stereocenters. The lowest BCUT2D eigenvalue weighted by Crippen LogP contribution is -1.87. The maximum Gasteiger partial charge on any atom is 0.118 e. The molecule has 34 valence electrons. The molecular formula is C4H13N. The molecule has 0 bridgehead atoms. The van der Waals surface area contributed by atoms with Crippen molar-refractivity contribution in [3.05, 3.63) is 0 Å². The highest BCUT2D eigenvalue weighted by molar-refractivity contribution is 4.00. The van der Waals surface area contributed by atoms with Crippen LogP contribution in [0.25, 0.3) is 0 Å². The summed E-state index contributed by atoms with van der Waals surface area (Å²) >= 11 is 0. The van der Waals surface area contributed by atoms with E-state index in [4.69, 9.17) is 2.82 Å². The Hall–Kier alpha value is -0.0400. The Morgan fingerprint density at radius 2 is 2.00 bits per heavy atom. The smallest absolute Gasteiger partial charge is 0.118 e. The summed E-state index contributed by atoms with van der Waals surface area (Å²) in [5, 5.41) is 0. The molecule has 2 N–H and O–H groups in total. The van der Waals surface area contributed by atoms with E-state index in [2.05, 4.69) is 0 Å². The molecule has 0 saturated heterocycles. The summed E-state index contributed by atoms with van der Waals surface area (Å²) in [4.78, 5) is 0. The molecule has 0 aliphatic heterocycles. The van der Waals surface area contributed by atoms with Gasteiger partial charge in [0.1, 0.15) is 2.82 Å². The van der Waals surface area contributed by atoms with E-state index < -0.39 is 0 Å². The van der Waals surface area contributed by atoms with E-state index in [0.29, 0.717) is 12.3 Å². The zero-order valence-corrected chi connectivity index (χ0v) is 4.15. The number of nitrogens with two attached hydrogens (primary N) is 1. The SMILES string of the molecule is CC.[2H]N([2H])CC. The van der Waals surface area contributed by atoms with Crippen LogP contribution >= 0.6 is 0 Å². The summed E-state index contributed by atoms with van der Waals surface area (Å²) in [6, 6.07) is 0. The largest absolute Gasteiger partial charge is 0.331 e. The van der Waals surface area contributed by atoms with Crippen molar-refractivity contribution in [2.45, 2.75) is 20.8 Å². The first-order valence-corrected chi connectivity index (χ1v) is 2.02. The average Bonchev–Trinajstić information content (AvgIpc) is 1.73. The summed E-state index contributed by atoms with van der Waals surface area (Å²) in [7, 11) is 0. The third kappa shape index (κ3) is 9510. The highest BCUT2D eigenvalue weighted by Gasteiger charge is 1.32. The van der Waals surface area contributed by atoms with Crippen LogP contribution in [0, 0.1) is 0 Å². The molecule has 0 aliphatic rings. The Bertz CT molecular complexity index is 23.7. The van der Waals surface area contributed by atoms with E-state index in [1.165, 1.54) is 0 Å². The molecule has 0 fully saturated rings. The molecule has 0 spiro atoms. The van der Waals surface area contributed by atoms with Crippen molar-refractivity contribution >= 4 is 0 Å². The monoisotopic (exact) mass is 77.1 g/mol. The van der Waals surface area contributed by atoms with Crippen molar-refractivity contribution in [3.8, 4) is 0 Å². The number of hydrogen-bond acceptors (Lipinski definition) is 1. The minimum Gasteiger partial charge on any atom is -0.331 e. The van der Waals surface area contributed by atoms with Crippen molar-refractivity contribution in [1.82, 2.24) is 0 Å². The molecule has 0 aromatic rings. The molecule has 0 rings (SSSR count). The fraction of sp³-hybridized carbons (Fsp3) is 1.00. The van der Waals surface area contributed by atoms with Gasteiger partial charge in [0.25, 0.3) is 0 Å². The Morgan fingerprint density at radius 3 is 2.00 bits per heavy atom. The van der Waals surface area contributed by atoms with E-state index in [0.717, 1.165) is 0 Å². The van der Waals surface area contributed by atoms with Gasteiger partial charge in [0, 0.05) is 0 Å². The quantitative estimate of drug-likeness (QED) is 0.496. The minimum atomic E-state index is 0.472. The molecule has 5 heavy (non-hydrogen) atoms. The fourth-order valence-corrected chi connectivity index (χ4v) is 0. The zero-order chi connectivity index (χ0) is 6.28. The first-order valence-electron chi connectivity index (χ1n) is 2.92. The van der Waals surface area contributed by atoms with Crippen molar-refractivity contribution in [2.75, 3.05) is 6.54 Å². The van der Waals surface area contributed by atoms with Gasteiger partial charge in [-0.3, -0.25) is 0 Å². The molecule has 1 heteroatoms. The first kappa shape index (κ1) is 3.16. The summed E-state index contributed by atoms with van der Waals surface area (Å²) < 4.78 is 12.7. The Balaban J connectivity index is 0. The molecule has 0 aromatic carbocycles. The van der Waals surface area contributed by atoms with Crippen molar-refractivity contribution in [2.24, 2.45) is 5.72 Å². The highest BCUT2D eigenvalue weighted by Crippen LogP contribution is 1.20. The molecule has 0 aromatic heterocycles. The lowest BCUT2D eigenvalue weighted by atomic mass is 10.8. The van der Waals surface area contributed by atoms with E-state index in [1.807, 2.05) is 13.8 Å². The van der Waals surface area contributed by atoms with E-state index in [9.17, 15) is 0 Å². The van der Waals surface area contributed by atoms with Gasteiger partial charge in [0.05, 0.1) is 0 Å². The predicted molar refractivity (Wildman–Crippen MR) is 26.1 cm³/mol. The van der Waals surface area contributed by atoms with Crippen LogP contribution in [-0.2, 0) is 0 Å². The van der Waals surface area contributed by atoms with Crippen molar-refractivity contribution < 1.29 is 2.82 Å². The summed E-state index contributed by atoms with van der Waals surface area (Å²) in [5.74, 6) is 0. The van der Waals surface area contributed by atoms with Crippen molar-refractivity contribution in [1.29, 1.82) is 0 Å². The second-order valence-electron chi connectivity index (χ2n) is 0.316. The lowest BCUT2D eigenvalue weighted by molar-refractivity contribution is 1.14. The molecule has 0 radical (unpaired) electrons. The third-order valence-electron chi connectivity index (χ3n) is 0. The molecule has 0 aliphatic carbocycles. The van der Waals surface area contributed by atoms with E-state index in [1.54, 1.807) is 6.92 Å². The second-order valence-corrected chi connectivity index (χ2v) is 0.316. The second kappa shape index (κ2) is 37.6. The topological polar surface area (TPSA) is 26.0 Å². The number of hydrogen-bond donors (Lipinski definition) is 1. The van der Waals surface area contributed by atoms with E-state index >= 15 is 0 Å². The average molecular weight is 77.2 g/mol. The predicted octanol–water partition coefficient (Wildman–Crippen LogP) is 0.991. The minimum absolute atomic E-state index is 0.472. The molecule has 0 amide bonds. The first-order chi connectivity index (χ1) is 3.27. The Labute approximate surface area is 37.1 Å². The third-order valence-corrected chi connectivity index (χ3v) is 0. The zero-order valence-electron chi connectivity index (χ0n) is 6.15. The van der Waals surface area contributed by atoms with Gasteiger partial charge in [-0.1, -0.05) is 20.8 Å². The Morgan fingerprint density at radius 1 is 1.80 bits per heavy atom. The highest BCUT2D eigenvalue weighted by atomic mass is 14.5. The molecule has 1 nitrogen and oxygen atoms in total. The maximum atomic E-state index is 6.33. The van der Waals surface area contributed by atoms with Gasteiger partial charge >= 0.3 is 0 Å². The molecule has 0 heterocycles. The maximum absolute atomic E-state index is 6.33. The van der Waals surface area contributed by atoms with Crippen LogP contribution in [0.5, 0.6) is 0 Å². The summed E-state index contributed by atoms with van der Waals surface area (Å²) in [6.07, 6.45) is 0. The molecule has 0 saturated carbocycles. The summed E-state index contributed by atoms with van der Waals surface area (Å²) in [6.45, 7) is 6.22. The number of rotatable bonds is 1. The fourth-order valence-electron chi connectivity index (χ4n) is 0.